The van der Waals surface area contributed by atoms with Crippen molar-refractivity contribution in [1.82, 2.24) is 5.32 Å². The summed E-state index contributed by atoms with van der Waals surface area (Å²) >= 11 is 0. The highest BCUT2D eigenvalue weighted by Gasteiger charge is 2.45. The van der Waals surface area contributed by atoms with Crippen LogP contribution in [0.25, 0.3) is 0 Å². The highest BCUT2D eigenvalue weighted by Crippen LogP contribution is 2.35. The first-order valence-electron chi connectivity index (χ1n) is 6.27. The summed E-state index contributed by atoms with van der Waals surface area (Å²) in [5.41, 5.74) is 0. The highest BCUT2D eigenvalue weighted by atomic mass is 32.2. The Morgan fingerprint density at radius 1 is 1.33 bits per heavy atom. The second-order valence-corrected chi connectivity index (χ2v) is 7.20. The molecule has 0 radical (unpaired) electrons. The van der Waals surface area contributed by atoms with Gasteiger partial charge in [0.1, 0.15) is 9.84 Å². The zero-order valence-corrected chi connectivity index (χ0v) is 11.3. The molecule has 1 heterocycles. The van der Waals surface area contributed by atoms with Crippen LogP contribution < -0.4 is 5.32 Å². The molecule has 7 heteroatoms. The van der Waals surface area contributed by atoms with Gasteiger partial charge >= 0.3 is 6.18 Å². The van der Waals surface area contributed by atoms with Gasteiger partial charge in [-0.15, -0.1) is 0 Å². The highest BCUT2D eigenvalue weighted by molar-refractivity contribution is 7.91. The Morgan fingerprint density at radius 2 is 2.00 bits per heavy atom. The molecule has 108 valence electrons. The first-order chi connectivity index (χ1) is 8.26. The Kier molecular flexibility index (Phi) is 5.46. The molecule has 0 aliphatic carbocycles. The van der Waals surface area contributed by atoms with Crippen molar-refractivity contribution in [2.75, 3.05) is 18.1 Å². The Morgan fingerprint density at radius 3 is 2.56 bits per heavy atom. The number of piperidine rings is 1. The van der Waals surface area contributed by atoms with Gasteiger partial charge in [-0.25, -0.2) is 8.42 Å². The number of halogens is 3. The molecule has 0 aromatic rings. The van der Waals surface area contributed by atoms with Crippen LogP contribution >= 0.6 is 0 Å². The molecular weight excluding hydrogens is 267 g/mol. The van der Waals surface area contributed by atoms with E-state index in [4.69, 9.17) is 0 Å². The Hall–Kier alpha value is -0.300. The third-order valence-corrected chi connectivity index (χ3v) is 5.21. The first-order valence-corrected chi connectivity index (χ1v) is 8.09. The molecule has 0 saturated carbocycles. The van der Waals surface area contributed by atoms with E-state index >= 15 is 0 Å². The molecule has 1 aliphatic rings. The lowest BCUT2D eigenvalue weighted by atomic mass is 9.88. The Bertz CT molecular complexity index is 354. The van der Waals surface area contributed by atoms with Crippen molar-refractivity contribution >= 4 is 9.84 Å². The van der Waals surface area contributed by atoms with Crippen LogP contribution in [0.2, 0.25) is 0 Å². The molecule has 18 heavy (non-hydrogen) atoms. The minimum atomic E-state index is -4.19. The molecule has 1 aliphatic heterocycles. The van der Waals surface area contributed by atoms with Crippen LogP contribution in [-0.2, 0) is 9.84 Å². The third-order valence-electron chi connectivity index (χ3n) is 3.41. The molecular formula is C11H20F3NO2S. The van der Waals surface area contributed by atoms with E-state index < -0.39 is 28.0 Å². The number of nitrogens with one attached hydrogen (secondary N) is 1. The fourth-order valence-electron chi connectivity index (χ4n) is 2.32. The Labute approximate surface area is 106 Å². The molecule has 0 aromatic carbocycles. The van der Waals surface area contributed by atoms with Crippen molar-refractivity contribution in [3.05, 3.63) is 0 Å². The molecule has 1 rings (SSSR count). The summed E-state index contributed by atoms with van der Waals surface area (Å²) in [6.45, 7) is 2.13. The molecule has 0 bridgehead atoms. The fraction of sp³-hybridized carbons (Fsp3) is 1.00. The molecule has 1 saturated heterocycles. The summed E-state index contributed by atoms with van der Waals surface area (Å²) in [7, 11) is -3.08. The number of sulfone groups is 1. The van der Waals surface area contributed by atoms with E-state index in [1.807, 2.05) is 0 Å². The van der Waals surface area contributed by atoms with Gasteiger partial charge in [0, 0.05) is 11.8 Å². The lowest BCUT2D eigenvalue weighted by Gasteiger charge is -2.34. The van der Waals surface area contributed by atoms with Crippen LogP contribution in [0, 0.1) is 5.92 Å². The van der Waals surface area contributed by atoms with Gasteiger partial charge in [-0.1, -0.05) is 6.92 Å². The summed E-state index contributed by atoms with van der Waals surface area (Å²) in [5.74, 6) is -1.31. The minimum Gasteiger partial charge on any atom is -0.313 e. The van der Waals surface area contributed by atoms with Crippen molar-refractivity contribution in [2.45, 2.75) is 44.8 Å². The van der Waals surface area contributed by atoms with Crippen LogP contribution in [0.4, 0.5) is 13.2 Å². The van der Waals surface area contributed by atoms with Gasteiger partial charge in [0.15, 0.2) is 0 Å². The largest absolute Gasteiger partial charge is 0.393 e. The maximum Gasteiger partial charge on any atom is 0.393 e. The van der Waals surface area contributed by atoms with E-state index in [0.29, 0.717) is 19.4 Å². The van der Waals surface area contributed by atoms with E-state index in [9.17, 15) is 21.6 Å². The standard InChI is InChI=1S/C11H20F3NO2S/c1-2-18(16,17)8-4-6-10-9(11(12,13)14)5-3-7-15-10/h9-10,15H,2-8H2,1H3. The average molecular weight is 287 g/mol. The topological polar surface area (TPSA) is 46.2 Å². The van der Waals surface area contributed by atoms with Gasteiger partial charge in [-0.2, -0.15) is 13.2 Å². The molecule has 2 atom stereocenters. The number of alkyl halides is 3. The van der Waals surface area contributed by atoms with Crippen molar-refractivity contribution in [3.8, 4) is 0 Å². The van der Waals surface area contributed by atoms with Crippen LogP contribution in [0.3, 0.4) is 0 Å². The lowest BCUT2D eigenvalue weighted by Crippen LogP contribution is -2.47. The quantitative estimate of drug-likeness (QED) is 0.842. The predicted molar refractivity (Wildman–Crippen MR) is 64.1 cm³/mol. The predicted octanol–water partition coefficient (Wildman–Crippen LogP) is 2.13. The van der Waals surface area contributed by atoms with Gasteiger partial charge in [-0.3, -0.25) is 0 Å². The molecule has 0 spiro atoms. The second-order valence-electron chi connectivity index (χ2n) is 4.73. The van der Waals surface area contributed by atoms with E-state index in [1.54, 1.807) is 6.92 Å². The number of hydrogen-bond donors (Lipinski definition) is 1. The Balaban J connectivity index is 2.48. The molecule has 0 amide bonds. The van der Waals surface area contributed by atoms with E-state index in [-0.39, 0.29) is 24.3 Å². The summed E-state index contributed by atoms with van der Waals surface area (Å²) in [6.07, 6.45) is -2.97. The van der Waals surface area contributed by atoms with E-state index in [1.165, 1.54) is 0 Å². The van der Waals surface area contributed by atoms with Gasteiger partial charge in [0.05, 0.1) is 11.7 Å². The molecule has 1 fully saturated rings. The van der Waals surface area contributed by atoms with Crippen LogP contribution in [0.1, 0.15) is 32.6 Å². The maximum absolute atomic E-state index is 12.8. The SMILES string of the molecule is CCS(=O)(=O)CCCC1NCCCC1C(F)(F)F. The van der Waals surface area contributed by atoms with Gasteiger partial charge in [0.2, 0.25) is 0 Å². The minimum absolute atomic E-state index is 0.0216. The molecule has 0 aromatic heterocycles. The van der Waals surface area contributed by atoms with E-state index in [0.717, 1.165) is 0 Å². The fourth-order valence-corrected chi connectivity index (χ4v) is 3.21. The van der Waals surface area contributed by atoms with Crippen molar-refractivity contribution < 1.29 is 21.6 Å². The summed E-state index contributed by atoms with van der Waals surface area (Å²) in [6, 6.07) is -0.634. The van der Waals surface area contributed by atoms with Gasteiger partial charge < -0.3 is 5.32 Å². The van der Waals surface area contributed by atoms with Gasteiger partial charge in [-0.05, 0) is 32.2 Å². The van der Waals surface area contributed by atoms with Crippen LogP contribution in [-0.4, -0.2) is 38.7 Å². The first kappa shape index (κ1) is 15.8. The summed E-state index contributed by atoms with van der Waals surface area (Å²) in [4.78, 5) is 0. The summed E-state index contributed by atoms with van der Waals surface area (Å²) in [5, 5.41) is 2.87. The lowest BCUT2D eigenvalue weighted by molar-refractivity contribution is -0.188. The smallest absolute Gasteiger partial charge is 0.313 e. The molecule has 1 N–H and O–H groups in total. The second kappa shape index (κ2) is 6.23. The normalized spacial score (nSPS) is 26.2. The molecule has 2 unspecified atom stereocenters. The summed E-state index contributed by atoms with van der Waals surface area (Å²) < 4.78 is 60.8. The van der Waals surface area contributed by atoms with Crippen LogP contribution in [0.15, 0.2) is 0 Å². The van der Waals surface area contributed by atoms with E-state index in [2.05, 4.69) is 5.32 Å². The maximum atomic E-state index is 12.8. The van der Waals surface area contributed by atoms with Crippen molar-refractivity contribution in [2.24, 2.45) is 5.92 Å². The molecule has 3 nitrogen and oxygen atoms in total. The monoisotopic (exact) mass is 287 g/mol. The van der Waals surface area contributed by atoms with Crippen molar-refractivity contribution in [1.29, 1.82) is 0 Å². The third kappa shape index (κ3) is 4.76. The number of rotatable bonds is 5. The van der Waals surface area contributed by atoms with Crippen molar-refractivity contribution in [3.63, 3.8) is 0 Å². The zero-order chi connectivity index (χ0) is 13.8. The van der Waals surface area contributed by atoms with Gasteiger partial charge in [0.25, 0.3) is 0 Å². The number of hydrogen-bond acceptors (Lipinski definition) is 3. The zero-order valence-electron chi connectivity index (χ0n) is 10.5. The van der Waals surface area contributed by atoms with Crippen LogP contribution in [0.5, 0.6) is 0 Å². The average Bonchev–Trinajstić information content (AvgIpc) is 2.28.